The maximum atomic E-state index is 3.82. The summed E-state index contributed by atoms with van der Waals surface area (Å²) in [5.41, 5.74) is 8.07. The first kappa shape index (κ1) is 19.5. The van der Waals surface area contributed by atoms with Crippen molar-refractivity contribution in [1.82, 2.24) is 5.32 Å². The van der Waals surface area contributed by atoms with Crippen molar-refractivity contribution in [2.45, 2.75) is 42.9 Å². The van der Waals surface area contributed by atoms with Crippen LogP contribution in [0.3, 0.4) is 0 Å². The van der Waals surface area contributed by atoms with Crippen molar-refractivity contribution in [1.29, 1.82) is 0 Å². The summed E-state index contributed by atoms with van der Waals surface area (Å²) in [4.78, 5) is 7.45. The zero-order valence-electron chi connectivity index (χ0n) is 17.6. The van der Waals surface area contributed by atoms with E-state index in [2.05, 4.69) is 72.6 Å². The van der Waals surface area contributed by atoms with Gasteiger partial charge in [-0.05, 0) is 61.2 Å². The van der Waals surface area contributed by atoms with E-state index in [1.807, 2.05) is 11.8 Å². The molecule has 0 bridgehead atoms. The van der Waals surface area contributed by atoms with Crippen molar-refractivity contribution in [2.24, 2.45) is 0 Å². The van der Waals surface area contributed by atoms with Crippen molar-refractivity contribution in [3.05, 3.63) is 35.4 Å². The zero-order valence-corrected chi connectivity index (χ0v) is 18.4. The quantitative estimate of drug-likeness (QED) is 0.656. The molecular weight excluding hydrogens is 364 g/mol. The Morgan fingerprint density at radius 2 is 1.64 bits per heavy atom. The van der Waals surface area contributed by atoms with Gasteiger partial charge in [0.2, 0.25) is 0 Å². The van der Waals surface area contributed by atoms with Gasteiger partial charge in [0.1, 0.15) is 0 Å². The van der Waals surface area contributed by atoms with Crippen molar-refractivity contribution in [3.8, 4) is 0 Å². The molecule has 4 rings (SSSR count). The third-order valence-corrected chi connectivity index (χ3v) is 6.87. The highest BCUT2D eigenvalue weighted by molar-refractivity contribution is 7.99. The molecule has 2 aliphatic heterocycles. The number of nitrogens with zero attached hydrogens (tertiary/aromatic N) is 2. The van der Waals surface area contributed by atoms with Gasteiger partial charge in [-0.1, -0.05) is 25.6 Å². The second-order valence-electron chi connectivity index (χ2n) is 7.88. The van der Waals surface area contributed by atoms with E-state index in [0.717, 1.165) is 39.0 Å². The maximum absolute atomic E-state index is 3.82. The van der Waals surface area contributed by atoms with Crippen LogP contribution < -0.4 is 20.4 Å². The highest BCUT2D eigenvalue weighted by atomic mass is 32.2. The fraction of sp³-hybridized carbons (Fsp3) is 0.478. The minimum Gasteiger partial charge on any atom is -0.378 e. The van der Waals surface area contributed by atoms with Crippen LogP contribution in [0.1, 0.15) is 31.4 Å². The summed E-state index contributed by atoms with van der Waals surface area (Å²) in [6.07, 6.45) is 3.29. The summed E-state index contributed by atoms with van der Waals surface area (Å²) < 4.78 is 0. The SMILES string of the molecule is CCc1cc(N(C)C)cc2c1Nc1c(CC)cc(N3CCCNCC3)cc1S2. The van der Waals surface area contributed by atoms with Crippen LogP contribution >= 0.6 is 11.8 Å². The summed E-state index contributed by atoms with van der Waals surface area (Å²) in [6.45, 7) is 8.92. The number of benzene rings is 2. The van der Waals surface area contributed by atoms with Gasteiger partial charge in [0, 0.05) is 54.9 Å². The molecule has 0 aromatic heterocycles. The number of hydrogen-bond acceptors (Lipinski definition) is 5. The van der Waals surface area contributed by atoms with Gasteiger partial charge in [-0.25, -0.2) is 0 Å². The predicted molar refractivity (Wildman–Crippen MR) is 123 cm³/mol. The van der Waals surface area contributed by atoms with Crippen LogP contribution in [0.2, 0.25) is 0 Å². The molecule has 5 heteroatoms. The molecule has 2 aromatic carbocycles. The van der Waals surface area contributed by atoms with E-state index in [9.17, 15) is 0 Å². The molecule has 0 spiro atoms. The fourth-order valence-electron chi connectivity index (χ4n) is 4.10. The van der Waals surface area contributed by atoms with Crippen LogP contribution in [0.25, 0.3) is 0 Å². The molecule has 1 saturated heterocycles. The van der Waals surface area contributed by atoms with Crippen molar-refractivity contribution < 1.29 is 0 Å². The average molecular weight is 397 g/mol. The number of fused-ring (bicyclic) bond motifs is 2. The molecule has 0 aliphatic carbocycles. The van der Waals surface area contributed by atoms with E-state index in [1.165, 1.54) is 50.1 Å². The van der Waals surface area contributed by atoms with Gasteiger partial charge < -0.3 is 20.4 Å². The van der Waals surface area contributed by atoms with Gasteiger partial charge in [0.25, 0.3) is 0 Å². The predicted octanol–water partition coefficient (Wildman–Crippen LogP) is 4.89. The largest absolute Gasteiger partial charge is 0.378 e. The Morgan fingerprint density at radius 1 is 0.929 bits per heavy atom. The van der Waals surface area contributed by atoms with Crippen LogP contribution in [-0.4, -0.2) is 40.3 Å². The Morgan fingerprint density at radius 3 is 2.36 bits per heavy atom. The zero-order chi connectivity index (χ0) is 19.7. The highest BCUT2D eigenvalue weighted by Gasteiger charge is 2.23. The first-order valence-corrected chi connectivity index (χ1v) is 11.3. The number of aryl methyl sites for hydroxylation is 2. The van der Waals surface area contributed by atoms with E-state index in [1.54, 1.807) is 0 Å². The first-order chi connectivity index (χ1) is 13.6. The molecule has 0 atom stereocenters. The Hall–Kier alpha value is -1.85. The molecule has 2 heterocycles. The molecule has 28 heavy (non-hydrogen) atoms. The molecule has 1 fully saturated rings. The number of anilines is 4. The molecule has 4 nitrogen and oxygen atoms in total. The van der Waals surface area contributed by atoms with E-state index >= 15 is 0 Å². The highest BCUT2D eigenvalue weighted by Crippen LogP contribution is 2.49. The molecular formula is C23H32N4S. The Balaban J connectivity index is 1.75. The fourth-order valence-corrected chi connectivity index (χ4v) is 5.27. The normalized spacial score (nSPS) is 16.1. The van der Waals surface area contributed by atoms with Crippen LogP contribution in [0.15, 0.2) is 34.1 Å². The maximum Gasteiger partial charge on any atom is 0.0560 e. The lowest BCUT2D eigenvalue weighted by molar-refractivity contribution is 0.724. The van der Waals surface area contributed by atoms with Gasteiger partial charge >= 0.3 is 0 Å². The van der Waals surface area contributed by atoms with Gasteiger partial charge in [-0.2, -0.15) is 0 Å². The summed E-state index contributed by atoms with van der Waals surface area (Å²) in [6, 6.07) is 9.45. The minimum atomic E-state index is 1.03. The third kappa shape index (κ3) is 3.70. The molecule has 2 aliphatic rings. The Labute approximate surface area is 173 Å². The molecule has 0 radical (unpaired) electrons. The molecule has 0 saturated carbocycles. The van der Waals surface area contributed by atoms with Gasteiger partial charge in [-0.3, -0.25) is 0 Å². The monoisotopic (exact) mass is 396 g/mol. The van der Waals surface area contributed by atoms with Crippen LogP contribution in [0.5, 0.6) is 0 Å². The minimum absolute atomic E-state index is 1.03. The summed E-state index contributed by atoms with van der Waals surface area (Å²) in [5, 5.41) is 7.33. The lowest BCUT2D eigenvalue weighted by atomic mass is 10.0. The summed E-state index contributed by atoms with van der Waals surface area (Å²) in [7, 11) is 4.24. The number of rotatable bonds is 4. The van der Waals surface area contributed by atoms with Crippen molar-refractivity contribution >= 4 is 34.5 Å². The lowest BCUT2D eigenvalue weighted by Gasteiger charge is -2.30. The summed E-state index contributed by atoms with van der Waals surface area (Å²) in [5.74, 6) is 0. The molecule has 2 N–H and O–H groups in total. The number of nitrogens with one attached hydrogen (secondary N) is 2. The summed E-state index contributed by atoms with van der Waals surface area (Å²) >= 11 is 1.93. The average Bonchev–Trinajstić information content (AvgIpc) is 3.00. The smallest absolute Gasteiger partial charge is 0.0560 e. The van der Waals surface area contributed by atoms with Crippen LogP contribution in [0.4, 0.5) is 22.7 Å². The Kier molecular flexibility index (Phi) is 5.74. The topological polar surface area (TPSA) is 30.5 Å². The van der Waals surface area contributed by atoms with Crippen molar-refractivity contribution in [2.75, 3.05) is 55.4 Å². The van der Waals surface area contributed by atoms with Gasteiger partial charge in [-0.15, -0.1) is 0 Å². The molecule has 2 aromatic rings. The standard InChI is InChI=1S/C23H32N4S/c1-5-16-12-18(26(3)4)14-20-22(16)25-23-17(6-2)13-19(15-21(23)28-20)27-10-7-8-24-9-11-27/h12-15,24-25H,5-11H2,1-4H3. The van der Waals surface area contributed by atoms with E-state index in [-0.39, 0.29) is 0 Å². The van der Waals surface area contributed by atoms with E-state index in [0.29, 0.717) is 0 Å². The van der Waals surface area contributed by atoms with Crippen LogP contribution in [0, 0.1) is 0 Å². The third-order valence-electron chi connectivity index (χ3n) is 5.79. The van der Waals surface area contributed by atoms with Gasteiger partial charge in [0.05, 0.1) is 11.4 Å². The molecule has 150 valence electrons. The lowest BCUT2D eigenvalue weighted by Crippen LogP contribution is -2.28. The Bertz CT molecular complexity index is 854. The van der Waals surface area contributed by atoms with Gasteiger partial charge in [0.15, 0.2) is 0 Å². The molecule has 0 unspecified atom stereocenters. The number of hydrogen-bond donors (Lipinski definition) is 2. The first-order valence-electron chi connectivity index (χ1n) is 10.5. The second kappa shape index (κ2) is 8.26. The molecule has 0 amide bonds. The van der Waals surface area contributed by atoms with Crippen LogP contribution in [-0.2, 0) is 12.8 Å². The second-order valence-corrected chi connectivity index (χ2v) is 8.96. The van der Waals surface area contributed by atoms with E-state index in [4.69, 9.17) is 0 Å². The van der Waals surface area contributed by atoms with Crippen molar-refractivity contribution in [3.63, 3.8) is 0 Å². The van der Waals surface area contributed by atoms with E-state index < -0.39 is 0 Å².